The van der Waals surface area contributed by atoms with Crippen molar-refractivity contribution in [1.29, 1.82) is 0 Å². The van der Waals surface area contributed by atoms with Crippen molar-refractivity contribution >= 4 is 0 Å². The van der Waals surface area contributed by atoms with E-state index in [2.05, 4.69) is 29.2 Å². The molecule has 0 aromatic heterocycles. The molecule has 4 unspecified atom stereocenters. The fraction of sp³-hybridized carbons (Fsp3) is 0.778. The summed E-state index contributed by atoms with van der Waals surface area (Å²) in [5.41, 5.74) is -0.308. The molecule has 4 rings (SSSR count). The third-order valence-electron chi connectivity index (χ3n) is 5.86. The van der Waals surface area contributed by atoms with Crippen molar-refractivity contribution < 1.29 is 14.6 Å². The normalized spacial score (nSPS) is 45.3. The molecule has 22 heavy (non-hydrogen) atoms. The van der Waals surface area contributed by atoms with Gasteiger partial charge in [0.2, 0.25) is 0 Å². The van der Waals surface area contributed by atoms with Crippen LogP contribution in [0.25, 0.3) is 0 Å². The number of aliphatic hydroxyl groups is 1. The van der Waals surface area contributed by atoms with Crippen molar-refractivity contribution in [3.63, 3.8) is 0 Å². The van der Waals surface area contributed by atoms with Gasteiger partial charge in [-0.25, -0.2) is 4.90 Å². The molecule has 122 valence electrons. The lowest BCUT2D eigenvalue weighted by Gasteiger charge is -2.39. The lowest BCUT2D eigenvalue weighted by atomic mass is 9.88. The Kier molecular flexibility index (Phi) is 4.11. The zero-order valence-corrected chi connectivity index (χ0v) is 13.2. The Bertz CT molecular complexity index is 425. The number of allylic oxidation sites excluding steroid dienone is 4. The van der Waals surface area contributed by atoms with E-state index in [0.717, 1.165) is 25.7 Å². The van der Waals surface area contributed by atoms with E-state index in [0.29, 0.717) is 25.0 Å². The number of aliphatic hydroxyl groups excluding tert-OH is 1. The third kappa shape index (κ3) is 2.37. The molecule has 2 heterocycles. The van der Waals surface area contributed by atoms with Crippen LogP contribution in [-0.4, -0.2) is 47.8 Å². The molecule has 0 amide bonds. The number of hydrogen-bond acceptors (Lipinski definition) is 4. The lowest BCUT2D eigenvalue weighted by Crippen LogP contribution is -2.54. The Morgan fingerprint density at radius 2 is 1.45 bits per heavy atom. The fourth-order valence-corrected chi connectivity index (χ4v) is 4.57. The second-order valence-electron chi connectivity index (χ2n) is 7.28. The van der Waals surface area contributed by atoms with Crippen LogP contribution >= 0.6 is 0 Å². The molecule has 2 saturated heterocycles. The summed E-state index contributed by atoms with van der Waals surface area (Å²) >= 11 is 0. The van der Waals surface area contributed by atoms with Crippen LogP contribution in [0.2, 0.25) is 0 Å². The van der Waals surface area contributed by atoms with Crippen molar-refractivity contribution in [2.45, 2.75) is 56.5 Å². The van der Waals surface area contributed by atoms with E-state index in [1.165, 1.54) is 12.8 Å². The maximum atomic E-state index is 10.0. The third-order valence-corrected chi connectivity index (χ3v) is 5.86. The Hall–Kier alpha value is -0.680. The van der Waals surface area contributed by atoms with Crippen molar-refractivity contribution in [1.82, 2.24) is 4.90 Å². The summed E-state index contributed by atoms with van der Waals surface area (Å²) in [7, 11) is 0. The molecule has 0 bridgehead atoms. The van der Waals surface area contributed by atoms with E-state index in [1.807, 2.05) is 0 Å². The predicted molar refractivity (Wildman–Crippen MR) is 84.1 cm³/mol. The summed E-state index contributed by atoms with van der Waals surface area (Å²) in [5.74, 6) is 1.06. The number of fused-ring (bicyclic) bond motifs is 1. The summed E-state index contributed by atoms with van der Waals surface area (Å²) in [6, 6.07) is 0. The number of hydrogen-bond donors (Lipinski definition) is 1. The molecular weight excluding hydrogens is 278 g/mol. The topological polar surface area (TPSA) is 41.9 Å². The molecule has 4 nitrogen and oxygen atoms in total. The van der Waals surface area contributed by atoms with Gasteiger partial charge in [0.05, 0.1) is 25.4 Å². The van der Waals surface area contributed by atoms with Crippen LogP contribution < -0.4 is 0 Å². The summed E-state index contributed by atoms with van der Waals surface area (Å²) in [6.07, 6.45) is 16.1. The van der Waals surface area contributed by atoms with Crippen LogP contribution in [0, 0.1) is 11.8 Å². The van der Waals surface area contributed by atoms with E-state index in [-0.39, 0.29) is 24.6 Å². The molecule has 4 heteroatoms. The van der Waals surface area contributed by atoms with Crippen molar-refractivity contribution in [2.24, 2.45) is 11.8 Å². The minimum atomic E-state index is -0.308. The number of nitrogens with zero attached hydrogens (tertiary/aromatic N) is 1. The van der Waals surface area contributed by atoms with Gasteiger partial charge in [0.15, 0.2) is 0 Å². The van der Waals surface area contributed by atoms with Gasteiger partial charge in [-0.2, -0.15) is 0 Å². The molecule has 1 N–H and O–H groups in total. The molecule has 4 aliphatic rings. The van der Waals surface area contributed by atoms with E-state index in [9.17, 15) is 5.11 Å². The van der Waals surface area contributed by atoms with E-state index in [1.54, 1.807) is 0 Å². The average Bonchev–Trinajstić information content (AvgIpc) is 3.14. The molecule has 2 fully saturated rings. The molecule has 4 atom stereocenters. The molecular formula is C18H27NO3. The Morgan fingerprint density at radius 3 is 1.86 bits per heavy atom. The second kappa shape index (κ2) is 6.08. The molecule has 0 aromatic rings. The zero-order valence-electron chi connectivity index (χ0n) is 13.2. The zero-order chi connectivity index (χ0) is 15.0. The predicted octanol–water partition coefficient (Wildman–Crippen LogP) is 2.44. The molecule has 0 saturated carbocycles. The van der Waals surface area contributed by atoms with Crippen LogP contribution in [0.5, 0.6) is 0 Å². The van der Waals surface area contributed by atoms with Gasteiger partial charge >= 0.3 is 0 Å². The summed E-state index contributed by atoms with van der Waals surface area (Å²) in [4.78, 5) is 2.42. The van der Waals surface area contributed by atoms with Crippen molar-refractivity contribution in [2.75, 3.05) is 19.8 Å². The van der Waals surface area contributed by atoms with Gasteiger partial charge in [0.25, 0.3) is 0 Å². The standard InChI is InChI=1S/C18H27NO3/c20-11-18-12-21-16(14-7-3-1-4-8-14)19(18)17(22-13-18)15-9-5-2-6-10-15/h1-3,5,14-17,20H,4,6-13H2. The highest BCUT2D eigenvalue weighted by molar-refractivity contribution is 5.07. The van der Waals surface area contributed by atoms with Crippen LogP contribution in [-0.2, 0) is 9.47 Å². The van der Waals surface area contributed by atoms with Crippen molar-refractivity contribution in [3.05, 3.63) is 24.3 Å². The maximum absolute atomic E-state index is 10.0. The quantitative estimate of drug-likeness (QED) is 0.813. The highest BCUT2D eigenvalue weighted by atomic mass is 16.6. The number of rotatable bonds is 3. The largest absolute Gasteiger partial charge is 0.394 e. The Balaban J connectivity index is 1.58. The first kappa shape index (κ1) is 14.9. The minimum absolute atomic E-state index is 0.107. The summed E-state index contributed by atoms with van der Waals surface area (Å²) in [6.45, 7) is 1.34. The molecule has 0 radical (unpaired) electrons. The highest BCUT2D eigenvalue weighted by Gasteiger charge is 2.58. The lowest BCUT2D eigenvalue weighted by molar-refractivity contribution is -0.109. The van der Waals surface area contributed by atoms with Gasteiger partial charge in [0.1, 0.15) is 12.5 Å². The first-order valence-electron chi connectivity index (χ1n) is 8.76. The molecule has 2 aliphatic carbocycles. The van der Waals surface area contributed by atoms with Crippen LogP contribution in [0.4, 0.5) is 0 Å². The van der Waals surface area contributed by atoms with Gasteiger partial charge in [-0.05, 0) is 38.5 Å². The second-order valence-corrected chi connectivity index (χ2v) is 7.28. The minimum Gasteiger partial charge on any atom is -0.394 e. The van der Waals surface area contributed by atoms with E-state index >= 15 is 0 Å². The van der Waals surface area contributed by atoms with Crippen LogP contribution in [0.1, 0.15) is 38.5 Å². The van der Waals surface area contributed by atoms with Gasteiger partial charge in [-0.3, -0.25) is 0 Å². The molecule has 2 aliphatic heterocycles. The smallest absolute Gasteiger partial charge is 0.116 e. The van der Waals surface area contributed by atoms with Gasteiger partial charge in [0, 0.05) is 11.8 Å². The first-order chi connectivity index (χ1) is 10.8. The van der Waals surface area contributed by atoms with E-state index in [4.69, 9.17) is 9.47 Å². The van der Waals surface area contributed by atoms with Gasteiger partial charge in [-0.15, -0.1) is 0 Å². The summed E-state index contributed by atoms with van der Waals surface area (Å²) < 4.78 is 12.4. The SMILES string of the molecule is OCC12COC(C3CC=CCC3)N1C(C1CC=CCC1)OC2. The summed E-state index contributed by atoms with van der Waals surface area (Å²) in [5, 5.41) is 10.0. The Labute approximate surface area is 132 Å². The molecule has 0 spiro atoms. The Morgan fingerprint density at radius 1 is 0.909 bits per heavy atom. The van der Waals surface area contributed by atoms with Crippen LogP contribution in [0.3, 0.4) is 0 Å². The highest BCUT2D eigenvalue weighted by Crippen LogP contribution is 2.45. The van der Waals surface area contributed by atoms with Crippen molar-refractivity contribution in [3.8, 4) is 0 Å². The monoisotopic (exact) mass is 305 g/mol. The van der Waals surface area contributed by atoms with E-state index < -0.39 is 0 Å². The van der Waals surface area contributed by atoms with Crippen LogP contribution in [0.15, 0.2) is 24.3 Å². The van der Waals surface area contributed by atoms with Gasteiger partial charge in [-0.1, -0.05) is 24.3 Å². The number of ether oxygens (including phenoxy) is 2. The average molecular weight is 305 g/mol. The molecule has 0 aromatic carbocycles. The first-order valence-corrected chi connectivity index (χ1v) is 8.76. The fourth-order valence-electron chi connectivity index (χ4n) is 4.57. The van der Waals surface area contributed by atoms with Gasteiger partial charge < -0.3 is 14.6 Å². The maximum Gasteiger partial charge on any atom is 0.116 e.